The molecule has 0 saturated carbocycles. The van der Waals surface area contributed by atoms with Crippen molar-refractivity contribution in [1.82, 2.24) is 4.72 Å². The molecule has 2 aromatic carbocycles. The Morgan fingerprint density at radius 2 is 1.69 bits per heavy atom. The maximum Gasteiger partial charge on any atom is 0.240 e. The van der Waals surface area contributed by atoms with Gasteiger partial charge in [0.2, 0.25) is 10.0 Å². The van der Waals surface area contributed by atoms with Crippen LogP contribution < -0.4 is 19.1 Å². The fraction of sp³-hybridized carbons (Fsp3) is 0.429. The standard InChI is InChI=1S/C21H28N2O5S/c1-26-20-10-9-19(16-21(20)27-2)29(24,25)22-11-3-4-17-5-7-18(8-6-17)23-12-14-28-15-13-23/h5-10,16,22H,3-4,11-15H2,1-2H3. The van der Waals surface area contributed by atoms with Crippen molar-refractivity contribution in [3.8, 4) is 11.5 Å². The zero-order valence-electron chi connectivity index (χ0n) is 16.9. The van der Waals surface area contributed by atoms with Crippen molar-refractivity contribution in [2.24, 2.45) is 0 Å². The molecule has 2 aromatic rings. The minimum Gasteiger partial charge on any atom is -0.493 e. The van der Waals surface area contributed by atoms with E-state index >= 15 is 0 Å². The minimum absolute atomic E-state index is 0.157. The van der Waals surface area contributed by atoms with E-state index in [1.807, 2.05) is 0 Å². The second kappa shape index (κ2) is 9.96. The first-order valence-corrected chi connectivity index (χ1v) is 11.1. The van der Waals surface area contributed by atoms with Crippen LogP contribution in [0.3, 0.4) is 0 Å². The number of morpholine rings is 1. The number of hydrogen-bond acceptors (Lipinski definition) is 6. The van der Waals surface area contributed by atoms with Crippen LogP contribution in [0.15, 0.2) is 47.4 Å². The van der Waals surface area contributed by atoms with E-state index in [9.17, 15) is 8.42 Å². The number of sulfonamides is 1. The average Bonchev–Trinajstić information content (AvgIpc) is 2.77. The monoisotopic (exact) mass is 420 g/mol. The second-order valence-corrected chi connectivity index (χ2v) is 8.55. The first-order chi connectivity index (χ1) is 14.0. The smallest absolute Gasteiger partial charge is 0.240 e. The first-order valence-electron chi connectivity index (χ1n) is 9.67. The molecule has 29 heavy (non-hydrogen) atoms. The Kier molecular flexibility index (Phi) is 7.35. The molecule has 0 unspecified atom stereocenters. The summed E-state index contributed by atoms with van der Waals surface area (Å²) in [4.78, 5) is 2.47. The first kappa shape index (κ1) is 21.4. The highest BCUT2D eigenvalue weighted by molar-refractivity contribution is 7.89. The Bertz CT molecular complexity index is 894. The van der Waals surface area contributed by atoms with Crippen LogP contribution >= 0.6 is 0 Å². The summed E-state index contributed by atoms with van der Waals surface area (Å²) in [5.74, 6) is 0.878. The van der Waals surface area contributed by atoms with Gasteiger partial charge in [-0.3, -0.25) is 0 Å². The molecule has 1 N–H and O–H groups in total. The summed E-state index contributed by atoms with van der Waals surface area (Å²) in [6.07, 6.45) is 1.52. The normalized spacial score (nSPS) is 14.6. The van der Waals surface area contributed by atoms with Crippen molar-refractivity contribution in [3.05, 3.63) is 48.0 Å². The molecule has 0 aromatic heterocycles. The molecule has 1 saturated heterocycles. The predicted molar refractivity (Wildman–Crippen MR) is 113 cm³/mol. The lowest BCUT2D eigenvalue weighted by atomic mass is 10.1. The van der Waals surface area contributed by atoms with Gasteiger partial charge < -0.3 is 19.1 Å². The number of rotatable bonds is 9. The van der Waals surface area contributed by atoms with Gasteiger partial charge in [-0.05, 0) is 42.7 Å². The largest absolute Gasteiger partial charge is 0.493 e. The van der Waals surface area contributed by atoms with Crippen LogP contribution in [0.5, 0.6) is 11.5 Å². The molecule has 1 aliphatic heterocycles. The molecule has 158 valence electrons. The lowest BCUT2D eigenvalue weighted by Crippen LogP contribution is -2.36. The number of hydrogen-bond donors (Lipinski definition) is 1. The number of aryl methyl sites for hydroxylation is 1. The molecule has 0 radical (unpaired) electrons. The van der Waals surface area contributed by atoms with Crippen molar-refractivity contribution >= 4 is 15.7 Å². The van der Waals surface area contributed by atoms with Gasteiger partial charge in [0.05, 0.1) is 32.3 Å². The Labute approximate surface area is 172 Å². The lowest BCUT2D eigenvalue weighted by Gasteiger charge is -2.28. The van der Waals surface area contributed by atoms with E-state index in [1.165, 1.54) is 37.6 Å². The number of anilines is 1. The Morgan fingerprint density at radius 1 is 1.00 bits per heavy atom. The molecule has 1 aliphatic rings. The highest BCUT2D eigenvalue weighted by Crippen LogP contribution is 2.29. The molecule has 0 aliphatic carbocycles. The molecule has 3 rings (SSSR count). The van der Waals surface area contributed by atoms with Crippen LogP contribution in [-0.2, 0) is 21.2 Å². The molecule has 0 spiro atoms. The van der Waals surface area contributed by atoms with Gasteiger partial charge in [-0.25, -0.2) is 13.1 Å². The maximum absolute atomic E-state index is 12.5. The van der Waals surface area contributed by atoms with E-state index in [4.69, 9.17) is 14.2 Å². The van der Waals surface area contributed by atoms with Gasteiger partial charge in [-0.1, -0.05) is 12.1 Å². The van der Waals surface area contributed by atoms with Crippen LogP contribution in [0, 0.1) is 0 Å². The van der Waals surface area contributed by atoms with E-state index in [2.05, 4.69) is 33.9 Å². The third-order valence-electron chi connectivity index (χ3n) is 4.91. The molecule has 7 nitrogen and oxygen atoms in total. The molecule has 8 heteroatoms. The molecule has 1 fully saturated rings. The SMILES string of the molecule is COc1ccc(S(=O)(=O)NCCCc2ccc(N3CCOCC3)cc2)cc1OC. The van der Waals surface area contributed by atoms with E-state index in [-0.39, 0.29) is 4.90 Å². The number of benzene rings is 2. The predicted octanol–water partition coefficient (Wildman–Crippen LogP) is 2.45. The van der Waals surface area contributed by atoms with Gasteiger partial charge in [-0.15, -0.1) is 0 Å². The fourth-order valence-electron chi connectivity index (χ4n) is 3.26. The molecule has 0 atom stereocenters. The molecular formula is C21H28N2O5S. The van der Waals surface area contributed by atoms with Crippen molar-refractivity contribution in [1.29, 1.82) is 0 Å². The van der Waals surface area contributed by atoms with Gasteiger partial charge in [-0.2, -0.15) is 0 Å². The molecule has 0 bridgehead atoms. The van der Waals surface area contributed by atoms with Crippen molar-refractivity contribution < 1.29 is 22.6 Å². The van der Waals surface area contributed by atoms with E-state index in [0.29, 0.717) is 24.5 Å². The summed E-state index contributed by atoms with van der Waals surface area (Å²) in [5.41, 5.74) is 2.39. The average molecular weight is 421 g/mol. The van der Waals surface area contributed by atoms with Crippen LogP contribution in [-0.4, -0.2) is 55.5 Å². The number of nitrogens with one attached hydrogen (secondary N) is 1. The third-order valence-corrected chi connectivity index (χ3v) is 6.37. The zero-order valence-corrected chi connectivity index (χ0v) is 17.7. The van der Waals surface area contributed by atoms with Crippen LogP contribution in [0.2, 0.25) is 0 Å². The maximum atomic E-state index is 12.5. The highest BCUT2D eigenvalue weighted by Gasteiger charge is 2.16. The zero-order chi connectivity index (χ0) is 20.7. The van der Waals surface area contributed by atoms with Gasteiger partial charge >= 0.3 is 0 Å². The van der Waals surface area contributed by atoms with E-state index in [0.717, 1.165) is 32.7 Å². The molecular weight excluding hydrogens is 392 g/mol. The number of nitrogens with zero attached hydrogens (tertiary/aromatic N) is 1. The van der Waals surface area contributed by atoms with E-state index in [1.54, 1.807) is 6.07 Å². The molecule has 0 amide bonds. The van der Waals surface area contributed by atoms with Crippen molar-refractivity contribution in [2.75, 3.05) is 52.0 Å². The Morgan fingerprint density at radius 3 is 2.34 bits per heavy atom. The topological polar surface area (TPSA) is 77.1 Å². The number of methoxy groups -OCH3 is 2. The van der Waals surface area contributed by atoms with Crippen LogP contribution in [0.25, 0.3) is 0 Å². The second-order valence-electron chi connectivity index (χ2n) is 6.78. The van der Waals surface area contributed by atoms with Gasteiger partial charge in [0, 0.05) is 31.4 Å². The fourth-order valence-corrected chi connectivity index (χ4v) is 4.35. The summed E-state index contributed by atoms with van der Waals surface area (Å²) in [6, 6.07) is 13.0. The highest BCUT2D eigenvalue weighted by atomic mass is 32.2. The minimum atomic E-state index is -3.60. The third kappa shape index (κ3) is 5.62. The van der Waals surface area contributed by atoms with E-state index < -0.39 is 10.0 Å². The number of ether oxygens (including phenoxy) is 3. The van der Waals surface area contributed by atoms with Crippen LogP contribution in [0.4, 0.5) is 5.69 Å². The molecule has 1 heterocycles. The Balaban J connectivity index is 1.50. The summed E-state index contributed by atoms with van der Waals surface area (Å²) in [5, 5.41) is 0. The summed E-state index contributed by atoms with van der Waals surface area (Å²) >= 11 is 0. The summed E-state index contributed by atoms with van der Waals surface area (Å²) in [7, 11) is -0.608. The van der Waals surface area contributed by atoms with Crippen LogP contribution in [0.1, 0.15) is 12.0 Å². The van der Waals surface area contributed by atoms with Crippen molar-refractivity contribution in [2.45, 2.75) is 17.7 Å². The summed E-state index contributed by atoms with van der Waals surface area (Å²) < 4.78 is 43.4. The lowest BCUT2D eigenvalue weighted by molar-refractivity contribution is 0.122. The Hall–Kier alpha value is -2.29. The van der Waals surface area contributed by atoms with Gasteiger partial charge in [0.15, 0.2) is 11.5 Å². The van der Waals surface area contributed by atoms with Gasteiger partial charge in [0.25, 0.3) is 0 Å². The van der Waals surface area contributed by atoms with Crippen molar-refractivity contribution in [3.63, 3.8) is 0 Å². The quantitative estimate of drug-likeness (QED) is 0.628. The van der Waals surface area contributed by atoms with Gasteiger partial charge in [0.1, 0.15) is 0 Å². The summed E-state index contributed by atoms with van der Waals surface area (Å²) in [6.45, 7) is 3.72.